The Morgan fingerprint density at radius 3 is 2.75 bits per heavy atom. The van der Waals surface area contributed by atoms with Gasteiger partial charge in [0, 0.05) is 29.2 Å². The van der Waals surface area contributed by atoms with Crippen LogP contribution >= 0.6 is 27.3 Å². The van der Waals surface area contributed by atoms with Crippen molar-refractivity contribution in [3.8, 4) is 10.6 Å². The van der Waals surface area contributed by atoms with Gasteiger partial charge in [-0.05, 0) is 71.9 Å². The molecule has 1 aliphatic heterocycles. The minimum absolute atomic E-state index is 0.106. The Morgan fingerprint density at radius 2 is 1.98 bits per heavy atom. The molecule has 6 rings (SSSR count). The molecule has 1 N–H and O–H groups in total. The number of aromatic nitrogens is 4. The zero-order valence-electron chi connectivity index (χ0n) is 21.7. The van der Waals surface area contributed by atoms with E-state index in [1.54, 1.807) is 29.5 Å². The summed E-state index contributed by atoms with van der Waals surface area (Å²) < 4.78 is 16.5. The summed E-state index contributed by atoms with van der Waals surface area (Å²) in [5.74, 6) is -0.894. The van der Waals surface area contributed by atoms with Gasteiger partial charge < -0.3 is 10.2 Å². The van der Waals surface area contributed by atoms with Crippen molar-refractivity contribution in [1.29, 1.82) is 0 Å². The Morgan fingerprint density at radius 1 is 1.15 bits per heavy atom. The number of carbonyl (C=O) groups is 3. The SMILES string of the molecule is CC(=O)c1nn(CC(=O)N2C[C@H](F)C[C@H]2C(=O)Nc2cccc(Br)n2)c2ccc(-c3nc4c(s3)CCCC4)cc12. The summed E-state index contributed by atoms with van der Waals surface area (Å²) in [6.07, 6.45) is 2.92. The molecule has 12 heteroatoms. The molecule has 1 aliphatic carbocycles. The number of hydrogen-bond donors (Lipinski definition) is 1. The van der Waals surface area contributed by atoms with E-state index in [-0.39, 0.29) is 31.0 Å². The molecule has 2 aliphatic rings. The number of rotatable bonds is 6. The van der Waals surface area contributed by atoms with Gasteiger partial charge in [0.2, 0.25) is 11.8 Å². The van der Waals surface area contributed by atoms with Crippen molar-refractivity contribution in [2.24, 2.45) is 0 Å². The summed E-state index contributed by atoms with van der Waals surface area (Å²) in [5.41, 5.74) is 2.92. The van der Waals surface area contributed by atoms with Gasteiger partial charge in [0.15, 0.2) is 5.78 Å². The smallest absolute Gasteiger partial charge is 0.248 e. The topological polar surface area (TPSA) is 110 Å². The van der Waals surface area contributed by atoms with Crippen LogP contribution in [0.15, 0.2) is 41.0 Å². The van der Waals surface area contributed by atoms with Crippen molar-refractivity contribution in [1.82, 2.24) is 24.6 Å². The third-order valence-corrected chi connectivity index (χ3v) is 8.95. The monoisotopic (exact) mass is 624 g/mol. The maximum atomic E-state index is 14.5. The molecule has 4 heterocycles. The molecule has 0 unspecified atom stereocenters. The molecule has 0 radical (unpaired) electrons. The van der Waals surface area contributed by atoms with Crippen LogP contribution in [0.2, 0.25) is 0 Å². The van der Waals surface area contributed by atoms with Gasteiger partial charge in [-0.15, -0.1) is 11.3 Å². The van der Waals surface area contributed by atoms with Crippen LogP contribution in [0.1, 0.15) is 47.2 Å². The Hall–Kier alpha value is -3.51. The first-order chi connectivity index (χ1) is 19.3. The first kappa shape index (κ1) is 26.7. The molecule has 0 bridgehead atoms. The Labute approximate surface area is 241 Å². The van der Waals surface area contributed by atoms with Gasteiger partial charge in [0.25, 0.3) is 0 Å². The number of thiazole rings is 1. The summed E-state index contributed by atoms with van der Waals surface area (Å²) in [6.45, 7) is 1.01. The van der Waals surface area contributed by atoms with E-state index in [2.05, 4.69) is 31.3 Å². The molecule has 4 aromatic rings. The number of nitrogens with one attached hydrogen (secondary N) is 1. The first-order valence-electron chi connectivity index (χ1n) is 13.1. The van der Waals surface area contributed by atoms with Crippen LogP contribution in [0.3, 0.4) is 0 Å². The summed E-state index contributed by atoms with van der Waals surface area (Å²) in [6, 6.07) is 9.72. The van der Waals surface area contributed by atoms with Crippen LogP contribution in [-0.2, 0) is 29.0 Å². The molecule has 9 nitrogen and oxygen atoms in total. The molecular formula is C28H26BrFN6O3S. The van der Waals surface area contributed by atoms with Crippen molar-refractivity contribution in [3.63, 3.8) is 0 Å². The van der Waals surface area contributed by atoms with Crippen LogP contribution in [0.5, 0.6) is 0 Å². The summed E-state index contributed by atoms with van der Waals surface area (Å²) >= 11 is 4.94. The van der Waals surface area contributed by atoms with Gasteiger partial charge in [-0.2, -0.15) is 5.10 Å². The first-order valence-corrected chi connectivity index (χ1v) is 14.7. The lowest BCUT2D eigenvalue weighted by Crippen LogP contribution is -2.44. The maximum Gasteiger partial charge on any atom is 0.248 e. The average molecular weight is 626 g/mol. The highest BCUT2D eigenvalue weighted by molar-refractivity contribution is 9.10. The van der Waals surface area contributed by atoms with Gasteiger partial charge in [0.05, 0.1) is 17.8 Å². The second-order valence-electron chi connectivity index (χ2n) is 10.1. The van der Waals surface area contributed by atoms with Gasteiger partial charge in [-0.1, -0.05) is 6.07 Å². The lowest BCUT2D eigenvalue weighted by molar-refractivity contribution is -0.137. The van der Waals surface area contributed by atoms with E-state index in [4.69, 9.17) is 4.98 Å². The second kappa shape index (κ2) is 10.8. The molecule has 0 saturated carbocycles. The van der Waals surface area contributed by atoms with Gasteiger partial charge in [0.1, 0.15) is 39.9 Å². The van der Waals surface area contributed by atoms with Gasteiger partial charge >= 0.3 is 0 Å². The molecule has 206 valence electrons. The predicted octanol–water partition coefficient (Wildman–Crippen LogP) is 4.98. The average Bonchev–Trinajstić information content (AvgIpc) is 3.63. The van der Waals surface area contributed by atoms with E-state index >= 15 is 0 Å². The van der Waals surface area contributed by atoms with Gasteiger partial charge in [-0.3, -0.25) is 19.1 Å². The van der Waals surface area contributed by atoms with Gasteiger partial charge in [-0.25, -0.2) is 14.4 Å². The standard InChI is InChI=1S/C28H26BrFN6O3S/c1-15(37)26-18-11-16(28-31-19-5-2-3-6-22(19)40-28)9-10-20(18)36(34-26)14-25(38)35-13-17(30)12-21(35)27(39)33-24-8-4-7-23(29)32-24/h4,7-11,17,21H,2-3,5-6,12-14H2,1H3,(H,32,33,39)/t17-,21+/m1/s1. The van der Waals surface area contributed by atoms with Crippen LogP contribution in [0.4, 0.5) is 10.2 Å². The molecule has 1 fully saturated rings. The fraction of sp³-hybridized carbons (Fsp3) is 0.357. The number of anilines is 1. The number of halogens is 2. The Balaban J connectivity index is 1.26. The predicted molar refractivity (Wildman–Crippen MR) is 153 cm³/mol. The molecule has 1 aromatic carbocycles. The number of Topliss-reactive ketones (excluding diaryl/α,β-unsaturated/α-hetero) is 1. The number of fused-ring (bicyclic) bond motifs is 2. The fourth-order valence-electron chi connectivity index (χ4n) is 5.38. The number of ketones is 1. The van der Waals surface area contributed by atoms with Crippen molar-refractivity contribution in [2.75, 3.05) is 11.9 Å². The fourth-order valence-corrected chi connectivity index (χ4v) is 6.87. The van der Waals surface area contributed by atoms with E-state index in [9.17, 15) is 18.8 Å². The zero-order valence-corrected chi connectivity index (χ0v) is 24.1. The zero-order chi connectivity index (χ0) is 28.0. The largest absolute Gasteiger partial charge is 0.326 e. The maximum absolute atomic E-state index is 14.5. The highest BCUT2D eigenvalue weighted by atomic mass is 79.9. The Kier molecular flexibility index (Phi) is 7.22. The third kappa shape index (κ3) is 5.17. The number of alkyl halides is 1. The minimum Gasteiger partial charge on any atom is -0.326 e. The van der Waals surface area contributed by atoms with E-state index in [0.29, 0.717) is 21.3 Å². The van der Waals surface area contributed by atoms with Crippen LogP contribution in [-0.4, -0.2) is 61.0 Å². The minimum atomic E-state index is -1.33. The number of nitrogens with zero attached hydrogens (tertiary/aromatic N) is 5. The molecule has 2 atom stereocenters. The van der Waals surface area contributed by atoms with Crippen molar-refractivity contribution in [3.05, 3.63) is 57.3 Å². The van der Waals surface area contributed by atoms with E-state index in [1.807, 2.05) is 18.2 Å². The normalized spacial score (nSPS) is 18.6. The highest BCUT2D eigenvalue weighted by Crippen LogP contribution is 2.35. The number of hydrogen-bond acceptors (Lipinski definition) is 7. The van der Waals surface area contributed by atoms with Crippen molar-refractivity contribution < 1.29 is 18.8 Å². The second-order valence-corrected chi connectivity index (χ2v) is 12.0. The number of benzene rings is 1. The summed E-state index contributed by atoms with van der Waals surface area (Å²) in [4.78, 5) is 50.5. The molecule has 0 spiro atoms. The molecule has 1 saturated heterocycles. The van der Waals surface area contributed by atoms with Crippen molar-refractivity contribution >= 4 is 61.6 Å². The highest BCUT2D eigenvalue weighted by Gasteiger charge is 2.40. The summed E-state index contributed by atoms with van der Waals surface area (Å²) in [5, 5.41) is 8.67. The number of amides is 2. The van der Waals surface area contributed by atoms with E-state index in [1.165, 1.54) is 27.8 Å². The third-order valence-electron chi connectivity index (χ3n) is 7.30. The lowest BCUT2D eigenvalue weighted by atomic mass is 10.0. The Bertz CT molecular complexity index is 1630. The number of likely N-dealkylation sites (tertiary alicyclic amines) is 1. The molecule has 2 amide bonds. The van der Waals surface area contributed by atoms with E-state index < -0.39 is 24.0 Å². The quantitative estimate of drug-likeness (QED) is 0.239. The summed E-state index contributed by atoms with van der Waals surface area (Å²) in [7, 11) is 0. The molecular weight excluding hydrogens is 599 g/mol. The number of pyridine rings is 1. The lowest BCUT2D eigenvalue weighted by Gasteiger charge is -2.23. The van der Waals surface area contributed by atoms with Crippen molar-refractivity contribution in [2.45, 2.75) is 57.8 Å². The van der Waals surface area contributed by atoms with Crippen LogP contribution < -0.4 is 5.32 Å². The van der Waals surface area contributed by atoms with E-state index in [0.717, 1.165) is 35.5 Å². The number of aryl methyl sites for hydroxylation is 2. The number of carbonyl (C=O) groups excluding carboxylic acids is 3. The van der Waals surface area contributed by atoms with Crippen LogP contribution in [0.25, 0.3) is 21.5 Å². The molecule has 3 aromatic heterocycles. The molecule has 40 heavy (non-hydrogen) atoms. The van der Waals surface area contributed by atoms with Crippen LogP contribution in [0, 0.1) is 0 Å².